The first-order chi connectivity index (χ1) is 14.8. The average molecular weight is 467 g/mol. The molecule has 0 spiro atoms. The largest absolute Gasteiger partial charge is 0.355 e. The number of amides is 2. The normalized spacial score (nSPS) is 16.4. The van der Waals surface area contributed by atoms with Crippen LogP contribution < -0.4 is 5.32 Å². The van der Waals surface area contributed by atoms with Crippen LogP contribution in [0.5, 0.6) is 0 Å². The van der Waals surface area contributed by atoms with Crippen molar-refractivity contribution in [2.45, 2.75) is 33.1 Å². The third kappa shape index (κ3) is 5.83. The second-order valence-corrected chi connectivity index (χ2v) is 8.72. The van der Waals surface area contributed by atoms with E-state index < -0.39 is 23.5 Å². The quantitative estimate of drug-likeness (QED) is 0.345. The zero-order valence-corrected chi connectivity index (χ0v) is 18.9. The van der Waals surface area contributed by atoms with Crippen LogP contribution in [0.4, 0.5) is 0 Å². The summed E-state index contributed by atoms with van der Waals surface area (Å²) < 4.78 is 5.26. The number of hydrogen-bond donors (Lipinski definition) is 1. The third-order valence-corrected chi connectivity index (χ3v) is 5.62. The Morgan fingerprint density at radius 1 is 1.26 bits per heavy atom. The summed E-state index contributed by atoms with van der Waals surface area (Å²) in [5.74, 6) is -1.37. The molecule has 1 aliphatic rings. The van der Waals surface area contributed by atoms with Crippen molar-refractivity contribution in [2.75, 3.05) is 19.6 Å². The van der Waals surface area contributed by atoms with E-state index >= 15 is 0 Å². The molecule has 2 heterocycles. The zero-order chi connectivity index (χ0) is 22.5. The molecule has 0 aliphatic carbocycles. The van der Waals surface area contributed by atoms with Crippen LogP contribution in [0.1, 0.15) is 32.6 Å². The van der Waals surface area contributed by atoms with Crippen LogP contribution in [0.3, 0.4) is 0 Å². The molecule has 3 rings (SSSR count). The lowest BCUT2D eigenvalue weighted by atomic mass is 10.1. The molecule has 0 bridgehead atoms. The van der Waals surface area contributed by atoms with Crippen LogP contribution in [0.25, 0.3) is 11.4 Å². The Kier molecular flexibility index (Phi) is 7.67. The summed E-state index contributed by atoms with van der Waals surface area (Å²) in [6, 6.07) is 5.10. The molecule has 0 saturated carbocycles. The number of carbonyl (C=O) groups excluding carboxylic acids is 3. The van der Waals surface area contributed by atoms with E-state index in [1.807, 2.05) is 13.8 Å². The molecule has 1 unspecified atom stereocenters. The lowest BCUT2D eigenvalue weighted by Gasteiger charge is -2.17. The summed E-state index contributed by atoms with van der Waals surface area (Å²) in [6.45, 7) is 4.95. The Morgan fingerprint density at radius 3 is 2.74 bits per heavy atom. The molecule has 1 fully saturated rings. The van der Waals surface area contributed by atoms with Gasteiger partial charge in [-0.25, -0.2) is 0 Å². The number of hydrogen-bond acceptors (Lipinski definition) is 6. The first kappa shape index (κ1) is 23.2. The van der Waals surface area contributed by atoms with Crippen LogP contribution in [0.15, 0.2) is 22.7 Å². The highest BCUT2D eigenvalue weighted by Crippen LogP contribution is 2.27. The molecule has 2 aromatic rings. The summed E-state index contributed by atoms with van der Waals surface area (Å²) in [5.41, 5.74) is 0.707. The van der Waals surface area contributed by atoms with Crippen molar-refractivity contribution in [1.82, 2.24) is 20.4 Å². The minimum atomic E-state index is -0.920. The Bertz CT molecular complexity index is 976. The molecule has 166 valence electrons. The fourth-order valence-corrected chi connectivity index (χ4v) is 3.63. The molecule has 1 saturated heterocycles. The molecule has 0 radical (unpaired) electrons. The monoisotopic (exact) mass is 466 g/mol. The van der Waals surface area contributed by atoms with E-state index in [-0.39, 0.29) is 12.5 Å². The van der Waals surface area contributed by atoms with Crippen LogP contribution in [0.2, 0.25) is 10.0 Å². The number of nitrogens with zero attached hydrogens (tertiary/aromatic N) is 3. The van der Waals surface area contributed by atoms with Gasteiger partial charge >= 0.3 is 0 Å². The number of nitrogens with one attached hydrogen (secondary N) is 1. The van der Waals surface area contributed by atoms with E-state index in [0.717, 1.165) is 0 Å². The van der Waals surface area contributed by atoms with Gasteiger partial charge in [0.25, 0.3) is 5.91 Å². The maximum Gasteiger partial charge on any atom is 0.290 e. The number of carbonyl (C=O) groups is 3. The number of likely N-dealkylation sites (tertiary alicyclic amines) is 1. The Hall–Kier alpha value is -2.45. The summed E-state index contributed by atoms with van der Waals surface area (Å²) in [7, 11) is 0. The van der Waals surface area contributed by atoms with Gasteiger partial charge in [0, 0.05) is 31.6 Å². The molecule has 2 amide bonds. The molecule has 31 heavy (non-hydrogen) atoms. The van der Waals surface area contributed by atoms with E-state index in [0.29, 0.717) is 59.7 Å². The third-order valence-electron chi connectivity index (χ3n) is 4.88. The SMILES string of the molecule is CC(C)CN1CC(C(=O)NCCCCc2nc(-c3ccc(Cl)c(Cl)c3)no2)C(=O)C1=O. The molecule has 1 aromatic carbocycles. The predicted molar refractivity (Wildman–Crippen MR) is 116 cm³/mol. The number of ketones is 1. The number of aryl methyl sites for hydroxylation is 1. The summed E-state index contributed by atoms with van der Waals surface area (Å²) in [5, 5.41) is 7.56. The van der Waals surface area contributed by atoms with Crippen LogP contribution >= 0.6 is 23.2 Å². The van der Waals surface area contributed by atoms with Crippen LogP contribution in [-0.4, -0.2) is 52.3 Å². The van der Waals surface area contributed by atoms with Crippen LogP contribution in [0, 0.1) is 11.8 Å². The van der Waals surface area contributed by atoms with Crippen LogP contribution in [-0.2, 0) is 20.8 Å². The highest BCUT2D eigenvalue weighted by Gasteiger charge is 2.42. The lowest BCUT2D eigenvalue weighted by Crippen LogP contribution is -2.36. The molecule has 1 atom stereocenters. The van der Waals surface area contributed by atoms with Crippen molar-refractivity contribution in [3.63, 3.8) is 0 Å². The highest BCUT2D eigenvalue weighted by atomic mass is 35.5. The molecular formula is C21H24Cl2N4O4. The maximum atomic E-state index is 12.3. The lowest BCUT2D eigenvalue weighted by molar-refractivity contribution is -0.142. The summed E-state index contributed by atoms with van der Waals surface area (Å²) in [6.07, 6.45) is 1.92. The number of rotatable bonds is 9. The minimum absolute atomic E-state index is 0.154. The van der Waals surface area contributed by atoms with Gasteiger partial charge in [-0.3, -0.25) is 14.4 Å². The fraction of sp³-hybridized carbons (Fsp3) is 0.476. The van der Waals surface area contributed by atoms with Gasteiger partial charge < -0.3 is 14.7 Å². The van der Waals surface area contributed by atoms with Crippen molar-refractivity contribution in [3.8, 4) is 11.4 Å². The van der Waals surface area contributed by atoms with Crippen molar-refractivity contribution in [1.29, 1.82) is 0 Å². The average Bonchev–Trinajstić information content (AvgIpc) is 3.30. The maximum absolute atomic E-state index is 12.3. The Balaban J connectivity index is 1.41. The van der Waals surface area contributed by atoms with Gasteiger partial charge in [-0.1, -0.05) is 42.2 Å². The molecular weight excluding hydrogens is 443 g/mol. The first-order valence-corrected chi connectivity index (χ1v) is 10.9. The van der Waals surface area contributed by atoms with Crippen molar-refractivity contribution in [2.24, 2.45) is 11.8 Å². The van der Waals surface area contributed by atoms with Gasteiger partial charge in [-0.05, 0) is 37.0 Å². The second-order valence-electron chi connectivity index (χ2n) is 7.91. The Labute approximate surface area is 190 Å². The number of aromatic nitrogens is 2. The predicted octanol–water partition coefficient (Wildman–Crippen LogP) is 3.17. The smallest absolute Gasteiger partial charge is 0.290 e. The molecule has 10 heteroatoms. The molecule has 8 nitrogen and oxygen atoms in total. The fourth-order valence-electron chi connectivity index (χ4n) is 3.34. The van der Waals surface area contributed by atoms with E-state index in [4.69, 9.17) is 27.7 Å². The molecule has 1 aliphatic heterocycles. The number of benzene rings is 1. The van der Waals surface area contributed by atoms with Crippen molar-refractivity contribution < 1.29 is 18.9 Å². The van der Waals surface area contributed by atoms with Crippen molar-refractivity contribution >= 4 is 40.8 Å². The van der Waals surface area contributed by atoms with Gasteiger partial charge in [-0.15, -0.1) is 0 Å². The minimum Gasteiger partial charge on any atom is -0.355 e. The van der Waals surface area contributed by atoms with E-state index in [1.54, 1.807) is 18.2 Å². The van der Waals surface area contributed by atoms with Gasteiger partial charge in [0.05, 0.1) is 10.0 Å². The standard InChI is InChI=1S/C21H24Cl2N4O4/c1-12(2)10-27-11-14(18(28)21(27)30)20(29)24-8-4-3-5-17-25-19(26-31-17)13-6-7-15(22)16(23)9-13/h6-7,9,12,14H,3-5,8,10-11H2,1-2H3,(H,24,29). The van der Waals surface area contributed by atoms with Crippen molar-refractivity contribution in [3.05, 3.63) is 34.1 Å². The van der Waals surface area contributed by atoms with E-state index in [9.17, 15) is 14.4 Å². The van der Waals surface area contributed by atoms with Gasteiger partial charge in [0.15, 0.2) is 0 Å². The highest BCUT2D eigenvalue weighted by molar-refractivity contribution is 6.42. The topological polar surface area (TPSA) is 105 Å². The second kappa shape index (κ2) is 10.2. The first-order valence-electron chi connectivity index (χ1n) is 10.1. The van der Waals surface area contributed by atoms with E-state index in [1.165, 1.54) is 4.90 Å². The van der Waals surface area contributed by atoms with Gasteiger partial charge in [-0.2, -0.15) is 4.98 Å². The molecule has 1 N–H and O–H groups in total. The summed E-state index contributed by atoms with van der Waals surface area (Å²) >= 11 is 11.9. The number of halogens is 2. The number of unbranched alkanes of at least 4 members (excludes halogenated alkanes) is 1. The number of Topliss-reactive ketones (excluding diaryl/α,β-unsaturated/α-hetero) is 1. The van der Waals surface area contributed by atoms with Gasteiger partial charge in [0.1, 0.15) is 5.92 Å². The summed E-state index contributed by atoms with van der Waals surface area (Å²) in [4.78, 5) is 42.2. The molecule has 1 aromatic heterocycles. The van der Waals surface area contributed by atoms with Gasteiger partial charge in [0.2, 0.25) is 23.4 Å². The zero-order valence-electron chi connectivity index (χ0n) is 17.4. The Morgan fingerprint density at radius 2 is 2.03 bits per heavy atom. The van der Waals surface area contributed by atoms with E-state index in [2.05, 4.69) is 15.5 Å².